The number of likely N-dealkylation sites (N-methyl/N-ethyl adjacent to an activating group) is 1. The van der Waals surface area contributed by atoms with Crippen molar-refractivity contribution in [1.29, 1.82) is 0 Å². The second kappa shape index (κ2) is 7.80. The summed E-state index contributed by atoms with van der Waals surface area (Å²) in [5, 5.41) is 5.82. The third kappa shape index (κ3) is 3.74. The maximum atomic E-state index is 13.6. The van der Waals surface area contributed by atoms with Gasteiger partial charge in [0, 0.05) is 18.0 Å². The van der Waals surface area contributed by atoms with Crippen LogP contribution in [-0.2, 0) is 16.0 Å². The second-order valence-electron chi connectivity index (χ2n) is 6.61. The van der Waals surface area contributed by atoms with Gasteiger partial charge in [0.1, 0.15) is 11.6 Å². The van der Waals surface area contributed by atoms with Crippen LogP contribution in [0.1, 0.15) is 28.3 Å². The quantitative estimate of drug-likeness (QED) is 0.705. The van der Waals surface area contributed by atoms with E-state index in [1.54, 1.807) is 0 Å². The number of aryl methyl sites for hydroxylation is 2. The van der Waals surface area contributed by atoms with Crippen molar-refractivity contribution in [2.24, 2.45) is 0 Å². The lowest BCUT2D eigenvalue weighted by Crippen LogP contribution is -2.39. The van der Waals surface area contributed by atoms with Crippen molar-refractivity contribution < 1.29 is 22.8 Å². The Kier molecular flexibility index (Phi) is 5.44. The highest BCUT2D eigenvalue weighted by Crippen LogP contribution is 2.27. The Bertz CT molecular complexity index is 1060. The third-order valence-corrected chi connectivity index (χ3v) is 4.78. The number of hydrogen-bond donors (Lipinski definition) is 2. The van der Waals surface area contributed by atoms with Crippen molar-refractivity contribution in [2.75, 3.05) is 7.05 Å². The molecule has 7 heteroatoms. The zero-order chi connectivity index (χ0) is 20.4. The minimum Gasteiger partial charge on any atom is -0.464 e. The summed E-state index contributed by atoms with van der Waals surface area (Å²) >= 11 is 0. The number of benzene rings is 2. The SMILES string of the molecule is CNC(=O)C(NC(=O)Cc1coc2c(C)c(C)ccc12)c1ccc(F)c(F)c1. The maximum Gasteiger partial charge on any atom is 0.246 e. The van der Waals surface area contributed by atoms with Gasteiger partial charge in [0.25, 0.3) is 0 Å². The van der Waals surface area contributed by atoms with E-state index in [9.17, 15) is 18.4 Å². The highest BCUT2D eigenvalue weighted by atomic mass is 19.2. The highest BCUT2D eigenvalue weighted by molar-refractivity contribution is 5.92. The van der Waals surface area contributed by atoms with Crippen LogP contribution in [-0.4, -0.2) is 18.9 Å². The fourth-order valence-electron chi connectivity index (χ4n) is 3.05. The smallest absolute Gasteiger partial charge is 0.246 e. The molecular formula is C21H20F2N2O3. The van der Waals surface area contributed by atoms with Crippen LogP contribution in [0.5, 0.6) is 0 Å². The van der Waals surface area contributed by atoms with Crippen LogP contribution in [0.15, 0.2) is 41.0 Å². The predicted molar refractivity (Wildman–Crippen MR) is 101 cm³/mol. The van der Waals surface area contributed by atoms with Crippen LogP contribution in [0.2, 0.25) is 0 Å². The second-order valence-corrected chi connectivity index (χ2v) is 6.61. The van der Waals surface area contributed by atoms with Gasteiger partial charge in [-0.2, -0.15) is 0 Å². The molecule has 0 aliphatic rings. The van der Waals surface area contributed by atoms with Gasteiger partial charge in [-0.05, 0) is 42.7 Å². The lowest BCUT2D eigenvalue weighted by Gasteiger charge is -2.18. The molecule has 0 aliphatic heterocycles. The van der Waals surface area contributed by atoms with Crippen molar-refractivity contribution in [3.05, 3.63) is 70.5 Å². The maximum absolute atomic E-state index is 13.6. The number of amides is 2. The van der Waals surface area contributed by atoms with Gasteiger partial charge in [0.15, 0.2) is 11.6 Å². The molecule has 1 unspecified atom stereocenters. The minimum absolute atomic E-state index is 0.0212. The molecule has 3 aromatic rings. The fourth-order valence-corrected chi connectivity index (χ4v) is 3.05. The Morgan fingerprint density at radius 1 is 1.11 bits per heavy atom. The van der Waals surface area contributed by atoms with Crippen molar-refractivity contribution in [1.82, 2.24) is 10.6 Å². The standard InChI is InChI=1S/C21H20F2N2O3/c1-11-4-6-15-14(10-28-20(15)12(11)2)9-18(26)25-19(21(27)24-3)13-5-7-16(22)17(23)8-13/h4-8,10,19H,9H2,1-3H3,(H,24,27)(H,25,26). The van der Waals surface area contributed by atoms with E-state index in [0.29, 0.717) is 11.1 Å². The van der Waals surface area contributed by atoms with Gasteiger partial charge >= 0.3 is 0 Å². The Balaban J connectivity index is 1.84. The van der Waals surface area contributed by atoms with E-state index in [-0.39, 0.29) is 12.0 Å². The average Bonchev–Trinajstić information content (AvgIpc) is 3.07. The van der Waals surface area contributed by atoms with E-state index < -0.39 is 29.5 Å². The van der Waals surface area contributed by atoms with E-state index in [2.05, 4.69) is 10.6 Å². The summed E-state index contributed by atoms with van der Waals surface area (Å²) in [5.41, 5.74) is 3.61. The Morgan fingerprint density at radius 2 is 1.86 bits per heavy atom. The molecule has 0 fully saturated rings. The van der Waals surface area contributed by atoms with Gasteiger partial charge in [0.05, 0.1) is 12.7 Å². The molecule has 0 saturated carbocycles. The van der Waals surface area contributed by atoms with Crippen LogP contribution in [0.25, 0.3) is 11.0 Å². The monoisotopic (exact) mass is 386 g/mol. The van der Waals surface area contributed by atoms with Crippen LogP contribution in [0.3, 0.4) is 0 Å². The Morgan fingerprint density at radius 3 is 2.54 bits per heavy atom. The summed E-state index contributed by atoms with van der Waals surface area (Å²) in [6, 6.07) is 5.77. The molecule has 5 nitrogen and oxygen atoms in total. The molecule has 0 radical (unpaired) electrons. The number of furan rings is 1. The molecule has 2 amide bonds. The number of fused-ring (bicyclic) bond motifs is 1. The molecular weight excluding hydrogens is 366 g/mol. The summed E-state index contributed by atoms with van der Waals surface area (Å²) in [7, 11) is 1.40. The van der Waals surface area contributed by atoms with E-state index >= 15 is 0 Å². The minimum atomic E-state index is -1.14. The van der Waals surface area contributed by atoms with Gasteiger partial charge < -0.3 is 15.1 Å². The summed E-state index contributed by atoms with van der Waals surface area (Å²) in [6.45, 7) is 3.91. The first kappa shape index (κ1) is 19.5. The molecule has 0 aliphatic carbocycles. The molecule has 0 spiro atoms. The molecule has 0 saturated heterocycles. The van der Waals surface area contributed by atoms with Crippen LogP contribution in [0, 0.1) is 25.5 Å². The highest BCUT2D eigenvalue weighted by Gasteiger charge is 2.24. The Hall–Kier alpha value is -3.22. The number of rotatable bonds is 5. The summed E-state index contributed by atoms with van der Waals surface area (Å²) in [4.78, 5) is 24.7. The molecule has 1 heterocycles. The van der Waals surface area contributed by atoms with Crippen LogP contribution < -0.4 is 10.6 Å². The first-order chi connectivity index (χ1) is 13.3. The predicted octanol–water partition coefficient (Wildman–Crippen LogP) is 3.47. The van der Waals surface area contributed by atoms with Gasteiger partial charge in [-0.3, -0.25) is 9.59 Å². The third-order valence-electron chi connectivity index (χ3n) is 4.78. The molecule has 146 valence electrons. The van der Waals surface area contributed by atoms with Gasteiger partial charge in [0.2, 0.25) is 11.8 Å². The number of carbonyl (C=O) groups is 2. The fraction of sp³-hybridized carbons (Fsp3) is 0.238. The first-order valence-electron chi connectivity index (χ1n) is 8.74. The van der Waals surface area contributed by atoms with E-state index in [1.807, 2.05) is 26.0 Å². The van der Waals surface area contributed by atoms with E-state index in [0.717, 1.165) is 28.6 Å². The molecule has 1 aromatic heterocycles. The van der Waals surface area contributed by atoms with Crippen molar-refractivity contribution in [2.45, 2.75) is 26.3 Å². The van der Waals surface area contributed by atoms with Crippen molar-refractivity contribution in [3.8, 4) is 0 Å². The van der Waals surface area contributed by atoms with E-state index in [4.69, 9.17) is 4.42 Å². The molecule has 2 N–H and O–H groups in total. The van der Waals surface area contributed by atoms with Crippen molar-refractivity contribution in [3.63, 3.8) is 0 Å². The summed E-state index contributed by atoms with van der Waals surface area (Å²) < 4.78 is 32.4. The van der Waals surface area contributed by atoms with Crippen molar-refractivity contribution >= 4 is 22.8 Å². The number of nitrogens with one attached hydrogen (secondary N) is 2. The number of halogens is 2. The molecule has 28 heavy (non-hydrogen) atoms. The zero-order valence-electron chi connectivity index (χ0n) is 15.7. The molecule has 1 atom stereocenters. The topological polar surface area (TPSA) is 71.3 Å². The van der Waals surface area contributed by atoms with Gasteiger partial charge in [-0.25, -0.2) is 8.78 Å². The summed E-state index contributed by atoms with van der Waals surface area (Å²) in [6.07, 6.45) is 1.50. The normalized spacial score (nSPS) is 12.0. The number of carbonyl (C=O) groups excluding carboxylic acids is 2. The summed E-state index contributed by atoms with van der Waals surface area (Å²) in [5.74, 6) is -3.10. The average molecular weight is 386 g/mol. The molecule has 2 aromatic carbocycles. The lowest BCUT2D eigenvalue weighted by atomic mass is 10.0. The van der Waals surface area contributed by atoms with Gasteiger partial charge in [-0.1, -0.05) is 18.2 Å². The number of hydrogen-bond acceptors (Lipinski definition) is 3. The van der Waals surface area contributed by atoms with Crippen LogP contribution >= 0.6 is 0 Å². The Labute approximate surface area is 160 Å². The molecule has 0 bridgehead atoms. The largest absolute Gasteiger partial charge is 0.464 e. The van der Waals surface area contributed by atoms with Gasteiger partial charge in [-0.15, -0.1) is 0 Å². The first-order valence-corrected chi connectivity index (χ1v) is 8.74. The zero-order valence-corrected chi connectivity index (χ0v) is 15.7. The van der Waals surface area contributed by atoms with E-state index in [1.165, 1.54) is 19.4 Å². The lowest BCUT2D eigenvalue weighted by molar-refractivity contribution is -0.128. The van der Waals surface area contributed by atoms with Crippen LogP contribution in [0.4, 0.5) is 8.78 Å². The molecule has 3 rings (SSSR count).